The maximum atomic E-state index is 6.49. The van der Waals surface area contributed by atoms with Gasteiger partial charge in [-0.3, -0.25) is 0 Å². The molecule has 0 radical (unpaired) electrons. The molecule has 28 heavy (non-hydrogen) atoms. The average Bonchev–Trinajstić information content (AvgIpc) is 2.69. The van der Waals surface area contributed by atoms with Gasteiger partial charge in [0.2, 0.25) is 0 Å². The van der Waals surface area contributed by atoms with Crippen molar-refractivity contribution >= 4 is 28.9 Å². The number of ether oxygens (including phenoxy) is 2. The van der Waals surface area contributed by atoms with Gasteiger partial charge >= 0.3 is 0 Å². The van der Waals surface area contributed by atoms with Gasteiger partial charge in [0.05, 0.1) is 12.1 Å². The zero-order valence-electron chi connectivity index (χ0n) is 16.2. The van der Waals surface area contributed by atoms with Gasteiger partial charge in [0.25, 0.3) is 0 Å². The Kier molecular flexibility index (Phi) is 6.71. The quantitative estimate of drug-likeness (QED) is 0.459. The molecule has 3 nitrogen and oxygen atoms in total. The van der Waals surface area contributed by atoms with Crippen molar-refractivity contribution < 1.29 is 9.47 Å². The van der Waals surface area contributed by atoms with Gasteiger partial charge in [-0.15, -0.1) is 0 Å². The van der Waals surface area contributed by atoms with Crippen molar-refractivity contribution in [2.45, 2.75) is 27.0 Å². The average molecular weight is 416 g/mol. The normalized spacial score (nSPS) is 10.6. The molecule has 0 unspecified atom stereocenters. The van der Waals surface area contributed by atoms with E-state index in [1.54, 1.807) is 7.11 Å². The third-order valence-electron chi connectivity index (χ3n) is 4.54. The molecule has 0 aliphatic rings. The summed E-state index contributed by atoms with van der Waals surface area (Å²) in [6.45, 7) is 5.06. The van der Waals surface area contributed by atoms with Crippen LogP contribution in [0.5, 0.6) is 11.5 Å². The Morgan fingerprint density at radius 1 is 0.893 bits per heavy atom. The molecule has 3 aromatic carbocycles. The van der Waals surface area contributed by atoms with Gasteiger partial charge < -0.3 is 14.8 Å². The zero-order valence-corrected chi connectivity index (χ0v) is 17.7. The highest BCUT2D eigenvalue weighted by Gasteiger charge is 2.13. The zero-order chi connectivity index (χ0) is 20.1. The predicted octanol–water partition coefficient (Wildman–Crippen LogP) is 6.81. The smallest absolute Gasteiger partial charge is 0.180 e. The van der Waals surface area contributed by atoms with Crippen molar-refractivity contribution in [1.29, 1.82) is 0 Å². The van der Waals surface area contributed by atoms with Crippen LogP contribution in [0.2, 0.25) is 10.0 Å². The van der Waals surface area contributed by atoms with Crippen molar-refractivity contribution in [2.24, 2.45) is 0 Å². The first-order valence-corrected chi connectivity index (χ1v) is 9.77. The van der Waals surface area contributed by atoms with Crippen LogP contribution in [0.15, 0.2) is 54.6 Å². The highest BCUT2D eigenvalue weighted by Crippen LogP contribution is 2.37. The molecule has 5 heteroatoms. The van der Waals surface area contributed by atoms with E-state index in [1.807, 2.05) is 49.4 Å². The summed E-state index contributed by atoms with van der Waals surface area (Å²) in [4.78, 5) is 0. The van der Waals surface area contributed by atoms with E-state index in [4.69, 9.17) is 32.7 Å². The number of nitrogens with one attached hydrogen (secondary N) is 1. The molecule has 0 aliphatic heterocycles. The molecule has 0 atom stereocenters. The number of halogens is 2. The molecular formula is C23H23Cl2NO2. The molecule has 0 heterocycles. The Morgan fingerprint density at radius 2 is 1.64 bits per heavy atom. The lowest BCUT2D eigenvalue weighted by atomic mass is 10.1. The van der Waals surface area contributed by atoms with Crippen LogP contribution in [0.25, 0.3) is 0 Å². The molecule has 146 valence electrons. The second-order valence-electron chi connectivity index (χ2n) is 6.65. The van der Waals surface area contributed by atoms with E-state index >= 15 is 0 Å². The summed E-state index contributed by atoms with van der Waals surface area (Å²) in [6, 6.07) is 17.8. The van der Waals surface area contributed by atoms with Crippen LogP contribution in [0.1, 0.15) is 22.3 Å². The van der Waals surface area contributed by atoms with E-state index in [1.165, 1.54) is 5.56 Å². The Hall–Kier alpha value is -2.36. The maximum Gasteiger partial charge on any atom is 0.180 e. The van der Waals surface area contributed by atoms with Crippen LogP contribution in [-0.2, 0) is 13.2 Å². The number of aryl methyl sites for hydroxylation is 1. The van der Waals surface area contributed by atoms with Crippen LogP contribution in [-0.4, -0.2) is 7.11 Å². The van der Waals surface area contributed by atoms with Crippen molar-refractivity contribution in [2.75, 3.05) is 12.4 Å². The number of hydrogen-bond acceptors (Lipinski definition) is 3. The fourth-order valence-electron chi connectivity index (χ4n) is 2.85. The van der Waals surface area contributed by atoms with Crippen LogP contribution >= 0.6 is 23.2 Å². The molecule has 0 saturated carbocycles. The Balaban J connectivity index is 1.73. The lowest BCUT2D eigenvalue weighted by molar-refractivity contribution is 0.284. The third kappa shape index (κ3) is 4.92. The Bertz CT molecular complexity index is 956. The molecule has 3 aromatic rings. The number of anilines is 1. The predicted molar refractivity (Wildman–Crippen MR) is 117 cm³/mol. The van der Waals surface area contributed by atoms with Crippen molar-refractivity contribution in [3.05, 3.63) is 86.9 Å². The van der Waals surface area contributed by atoms with Gasteiger partial charge in [-0.2, -0.15) is 0 Å². The molecule has 0 spiro atoms. The van der Waals surface area contributed by atoms with E-state index in [0.29, 0.717) is 29.7 Å². The Labute approximate surface area is 176 Å². The van der Waals surface area contributed by atoms with Gasteiger partial charge in [0.15, 0.2) is 11.5 Å². The molecule has 3 rings (SSSR count). The van der Waals surface area contributed by atoms with Gasteiger partial charge in [0.1, 0.15) is 6.61 Å². The van der Waals surface area contributed by atoms with E-state index in [2.05, 4.69) is 24.4 Å². The molecule has 0 bridgehead atoms. The van der Waals surface area contributed by atoms with E-state index in [-0.39, 0.29) is 0 Å². The number of benzene rings is 3. The van der Waals surface area contributed by atoms with Gasteiger partial charge in [-0.1, -0.05) is 59.1 Å². The van der Waals surface area contributed by atoms with Crippen LogP contribution in [0.4, 0.5) is 5.69 Å². The molecule has 0 aromatic heterocycles. The van der Waals surface area contributed by atoms with Crippen LogP contribution in [0.3, 0.4) is 0 Å². The lowest BCUT2D eigenvalue weighted by Crippen LogP contribution is -2.03. The second kappa shape index (κ2) is 9.22. The minimum absolute atomic E-state index is 0.426. The SMILES string of the molecule is COc1cc(CNc2cccc(Cl)c2C)cc(Cl)c1OCc1ccc(C)cc1. The summed E-state index contributed by atoms with van der Waals surface area (Å²) in [5.74, 6) is 1.16. The highest BCUT2D eigenvalue weighted by molar-refractivity contribution is 6.32. The first-order chi connectivity index (χ1) is 13.5. The van der Waals surface area contributed by atoms with Crippen molar-refractivity contribution in [3.8, 4) is 11.5 Å². The minimum atomic E-state index is 0.426. The number of methoxy groups -OCH3 is 1. The molecule has 0 fully saturated rings. The fraction of sp³-hybridized carbons (Fsp3) is 0.217. The number of rotatable bonds is 7. The second-order valence-corrected chi connectivity index (χ2v) is 7.46. The first-order valence-electron chi connectivity index (χ1n) is 9.01. The van der Waals surface area contributed by atoms with E-state index in [9.17, 15) is 0 Å². The topological polar surface area (TPSA) is 30.5 Å². The molecule has 0 aliphatic carbocycles. The molecular weight excluding hydrogens is 393 g/mol. The molecule has 0 saturated heterocycles. The lowest BCUT2D eigenvalue weighted by Gasteiger charge is -2.16. The van der Waals surface area contributed by atoms with E-state index < -0.39 is 0 Å². The fourth-order valence-corrected chi connectivity index (χ4v) is 3.31. The summed E-state index contributed by atoms with van der Waals surface area (Å²) in [7, 11) is 1.61. The molecule has 0 amide bonds. The first kappa shape index (κ1) is 20.4. The monoisotopic (exact) mass is 415 g/mol. The number of hydrogen-bond donors (Lipinski definition) is 1. The van der Waals surface area contributed by atoms with Gasteiger partial charge in [-0.25, -0.2) is 0 Å². The van der Waals surface area contributed by atoms with Crippen LogP contribution < -0.4 is 14.8 Å². The summed E-state index contributed by atoms with van der Waals surface area (Å²) >= 11 is 12.7. The highest BCUT2D eigenvalue weighted by atomic mass is 35.5. The van der Waals surface area contributed by atoms with Crippen LogP contribution in [0, 0.1) is 13.8 Å². The van der Waals surface area contributed by atoms with E-state index in [0.717, 1.165) is 27.4 Å². The van der Waals surface area contributed by atoms with Gasteiger partial charge in [0, 0.05) is 17.3 Å². The standard InChI is InChI=1S/C23H23Cl2NO2/c1-15-7-9-17(10-8-15)14-28-23-20(25)11-18(12-22(23)27-3)13-26-21-6-4-5-19(24)16(21)2/h4-12,26H,13-14H2,1-3H3. The third-order valence-corrected chi connectivity index (χ3v) is 5.23. The summed E-state index contributed by atoms with van der Waals surface area (Å²) in [6.07, 6.45) is 0. The maximum absolute atomic E-state index is 6.49. The Morgan fingerprint density at radius 3 is 2.36 bits per heavy atom. The van der Waals surface area contributed by atoms with Crippen molar-refractivity contribution in [3.63, 3.8) is 0 Å². The van der Waals surface area contributed by atoms with Gasteiger partial charge in [-0.05, 0) is 54.8 Å². The summed E-state index contributed by atoms with van der Waals surface area (Å²) < 4.78 is 11.5. The summed E-state index contributed by atoms with van der Waals surface area (Å²) in [5.41, 5.74) is 5.28. The minimum Gasteiger partial charge on any atom is -0.493 e. The summed E-state index contributed by atoms with van der Waals surface area (Å²) in [5, 5.41) is 4.65. The largest absolute Gasteiger partial charge is 0.493 e. The molecule has 1 N–H and O–H groups in total. The van der Waals surface area contributed by atoms with Crippen molar-refractivity contribution in [1.82, 2.24) is 0 Å².